The zero-order valence-electron chi connectivity index (χ0n) is 10.3. The molecule has 2 rings (SSSR count). The largest absolute Gasteiger partial charge is 0.374 e. The number of hydrogen-bond donors (Lipinski definition) is 2. The summed E-state index contributed by atoms with van der Waals surface area (Å²) in [5.41, 5.74) is 4.75. The van der Waals surface area contributed by atoms with Gasteiger partial charge in [0.25, 0.3) is 0 Å². The monoisotopic (exact) mass is 255 g/mol. The van der Waals surface area contributed by atoms with Crippen molar-refractivity contribution >= 4 is 11.3 Å². The van der Waals surface area contributed by atoms with E-state index in [0.717, 1.165) is 25.9 Å². The van der Waals surface area contributed by atoms with Gasteiger partial charge in [0.15, 0.2) is 0 Å². The smallest absolute Gasteiger partial charge is 0.0851 e. The SMILES string of the molecule is CCOC1(C(Cc2cncs2)NN)CCCC1. The van der Waals surface area contributed by atoms with Crippen LogP contribution in [-0.4, -0.2) is 23.2 Å². The molecule has 0 saturated heterocycles. The maximum atomic E-state index is 6.03. The van der Waals surface area contributed by atoms with Crippen molar-refractivity contribution in [3.63, 3.8) is 0 Å². The molecule has 1 aliphatic carbocycles. The summed E-state index contributed by atoms with van der Waals surface area (Å²) in [7, 11) is 0. The lowest BCUT2D eigenvalue weighted by molar-refractivity contribution is -0.0611. The van der Waals surface area contributed by atoms with Crippen LogP contribution in [0.3, 0.4) is 0 Å². The summed E-state index contributed by atoms with van der Waals surface area (Å²) in [5, 5.41) is 0. The first kappa shape index (κ1) is 13.0. The van der Waals surface area contributed by atoms with Gasteiger partial charge in [-0.15, -0.1) is 11.3 Å². The summed E-state index contributed by atoms with van der Waals surface area (Å²) in [4.78, 5) is 5.38. The zero-order chi connectivity index (χ0) is 12.1. The van der Waals surface area contributed by atoms with Crippen LogP contribution >= 0.6 is 11.3 Å². The quantitative estimate of drug-likeness (QED) is 0.602. The van der Waals surface area contributed by atoms with Crippen molar-refractivity contribution in [3.05, 3.63) is 16.6 Å². The fourth-order valence-electron chi connectivity index (χ4n) is 2.80. The number of hydrogen-bond acceptors (Lipinski definition) is 5. The maximum Gasteiger partial charge on any atom is 0.0851 e. The summed E-state index contributed by atoms with van der Waals surface area (Å²) >= 11 is 1.68. The van der Waals surface area contributed by atoms with Gasteiger partial charge < -0.3 is 4.74 Å². The number of rotatable bonds is 6. The van der Waals surface area contributed by atoms with Gasteiger partial charge in [0, 0.05) is 24.1 Å². The second-order valence-corrected chi connectivity index (χ2v) is 5.57. The van der Waals surface area contributed by atoms with E-state index in [2.05, 4.69) is 17.3 Å². The highest BCUT2D eigenvalue weighted by molar-refractivity contribution is 7.09. The van der Waals surface area contributed by atoms with Crippen LogP contribution in [0.5, 0.6) is 0 Å². The lowest BCUT2D eigenvalue weighted by atomic mass is 9.89. The van der Waals surface area contributed by atoms with Gasteiger partial charge in [0.1, 0.15) is 0 Å². The predicted molar refractivity (Wildman–Crippen MR) is 69.8 cm³/mol. The van der Waals surface area contributed by atoms with Crippen molar-refractivity contribution in [2.75, 3.05) is 6.61 Å². The van der Waals surface area contributed by atoms with E-state index in [1.54, 1.807) is 11.3 Å². The first-order valence-electron chi connectivity index (χ1n) is 6.28. The topological polar surface area (TPSA) is 60.2 Å². The lowest BCUT2D eigenvalue weighted by Crippen LogP contribution is -2.54. The first-order valence-corrected chi connectivity index (χ1v) is 7.16. The molecule has 1 aromatic heterocycles. The maximum absolute atomic E-state index is 6.03. The molecule has 1 unspecified atom stereocenters. The summed E-state index contributed by atoms with van der Waals surface area (Å²) in [5.74, 6) is 5.74. The standard InChI is InChI=1S/C12H21N3OS/c1-2-16-12(5-3-4-6-12)11(15-13)7-10-8-14-9-17-10/h8-9,11,15H,2-7,13H2,1H3. The molecule has 0 bridgehead atoms. The first-order chi connectivity index (χ1) is 8.30. The van der Waals surface area contributed by atoms with Crippen LogP contribution in [0.4, 0.5) is 0 Å². The predicted octanol–water partition coefficient (Wildman–Crippen LogP) is 1.87. The Kier molecular flexibility index (Phi) is 4.50. The molecule has 1 aromatic rings. The molecule has 1 aliphatic rings. The number of hydrazine groups is 1. The molecule has 1 saturated carbocycles. The van der Waals surface area contributed by atoms with Gasteiger partial charge in [-0.05, 0) is 19.8 Å². The highest BCUT2D eigenvalue weighted by Gasteiger charge is 2.41. The van der Waals surface area contributed by atoms with E-state index in [-0.39, 0.29) is 11.6 Å². The average Bonchev–Trinajstić information content (AvgIpc) is 2.97. The molecule has 0 aliphatic heterocycles. The molecule has 96 valence electrons. The molecule has 0 spiro atoms. The van der Waals surface area contributed by atoms with Crippen LogP contribution < -0.4 is 11.3 Å². The van der Waals surface area contributed by atoms with Gasteiger partial charge in [-0.25, -0.2) is 0 Å². The molecule has 3 N–H and O–H groups in total. The summed E-state index contributed by atoms with van der Waals surface area (Å²) in [6, 6.07) is 0.186. The summed E-state index contributed by atoms with van der Waals surface area (Å²) in [6.45, 7) is 2.81. The van der Waals surface area contributed by atoms with Crippen LogP contribution in [0.2, 0.25) is 0 Å². The Bertz CT molecular complexity index is 323. The third-order valence-corrected chi connectivity index (χ3v) is 4.41. The Morgan fingerprint density at radius 1 is 1.59 bits per heavy atom. The Balaban J connectivity index is 2.09. The third kappa shape index (κ3) is 2.85. The van der Waals surface area contributed by atoms with Gasteiger partial charge in [0.2, 0.25) is 0 Å². The second-order valence-electron chi connectivity index (χ2n) is 4.60. The van der Waals surface area contributed by atoms with Gasteiger partial charge in [-0.3, -0.25) is 16.3 Å². The molecule has 0 amide bonds. The van der Waals surface area contributed by atoms with Crippen LogP contribution in [0.25, 0.3) is 0 Å². The third-order valence-electron chi connectivity index (χ3n) is 3.61. The average molecular weight is 255 g/mol. The normalized spacial score (nSPS) is 20.6. The summed E-state index contributed by atoms with van der Waals surface area (Å²) in [6.07, 6.45) is 7.51. The number of aromatic nitrogens is 1. The van der Waals surface area contributed by atoms with Crippen molar-refractivity contribution in [1.29, 1.82) is 0 Å². The number of nitrogens with zero attached hydrogens (tertiary/aromatic N) is 1. The number of nitrogens with one attached hydrogen (secondary N) is 1. The molecule has 17 heavy (non-hydrogen) atoms. The van der Waals surface area contributed by atoms with Gasteiger partial charge in [0.05, 0.1) is 17.2 Å². The van der Waals surface area contributed by atoms with E-state index in [1.807, 2.05) is 11.7 Å². The van der Waals surface area contributed by atoms with Gasteiger partial charge in [-0.2, -0.15) is 0 Å². The molecular formula is C12H21N3OS. The Morgan fingerprint density at radius 3 is 2.88 bits per heavy atom. The molecule has 5 heteroatoms. The molecule has 1 atom stereocenters. The second kappa shape index (κ2) is 5.91. The Morgan fingerprint density at radius 2 is 2.35 bits per heavy atom. The minimum Gasteiger partial charge on any atom is -0.374 e. The van der Waals surface area contributed by atoms with E-state index in [9.17, 15) is 0 Å². The van der Waals surface area contributed by atoms with E-state index in [1.165, 1.54) is 17.7 Å². The molecular weight excluding hydrogens is 234 g/mol. The van der Waals surface area contributed by atoms with Gasteiger partial charge in [-0.1, -0.05) is 12.8 Å². The molecule has 1 heterocycles. The minimum absolute atomic E-state index is 0.0759. The molecule has 0 radical (unpaired) electrons. The highest BCUT2D eigenvalue weighted by Crippen LogP contribution is 2.37. The van der Waals surface area contributed by atoms with Crippen molar-refractivity contribution in [2.45, 2.75) is 50.7 Å². The van der Waals surface area contributed by atoms with Crippen LogP contribution in [0.15, 0.2) is 11.7 Å². The molecule has 0 aromatic carbocycles. The minimum atomic E-state index is -0.0759. The number of nitrogens with two attached hydrogens (primary N) is 1. The van der Waals surface area contributed by atoms with Crippen molar-refractivity contribution in [3.8, 4) is 0 Å². The van der Waals surface area contributed by atoms with Crippen molar-refractivity contribution in [1.82, 2.24) is 10.4 Å². The lowest BCUT2D eigenvalue weighted by Gasteiger charge is -2.36. The van der Waals surface area contributed by atoms with E-state index in [4.69, 9.17) is 10.6 Å². The fourth-order valence-corrected chi connectivity index (χ4v) is 3.44. The van der Waals surface area contributed by atoms with E-state index >= 15 is 0 Å². The van der Waals surface area contributed by atoms with Crippen molar-refractivity contribution < 1.29 is 4.74 Å². The zero-order valence-corrected chi connectivity index (χ0v) is 11.1. The van der Waals surface area contributed by atoms with E-state index < -0.39 is 0 Å². The number of thiazole rings is 1. The Labute approximate surface area is 107 Å². The van der Waals surface area contributed by atoms with Gasteiger partial charge >= 0.3 is 0 Å². The molecule has 4 nitrogen and oxygen atoms in total. The molecule has 1 fully saturated rings. The van der Waals surface area contributed by atoms with E-state index in [0.29, 0.717) is 0 Å². The van der Waals surface area contributed by atoms with Crippen LogP contribution in [0, 0.1) is 0 Å². The number of ether oxygens (including phenoxy) is 1. The highest BCUT2D eigenvalue weighted by atomic mass is 32.1. The van der Waals surface area contributed by atoms with Crippen LogP contribution in [0.1, 0.15) is 37.5 Å². The van der Waals surface area contributed by atoms with Crippen LogP contribution in [-0.2, 0) is 11.2 Å². The Hall–Kier alpha value is -0.490. The fraction of sp³-hybridized carbons (Fsp3) is 0.750. The summed E-state index contributed by atoms with van der Waals surface area (Å²) < 4.78 is 6.03. The van der Waals surface area contributed by atoms with Crippen molar-refractivity contribution in [2.24, 2.45) is 5.84 Å².